The third-order valence-corrected chi connectivity index (χ3v) is 2.31. The van der Waals surface area contributed by atoms with Gasteiger partial charge in [0, 0.05) is 29.5 Å². The van der Waals surface area contributed by atoms with Crippen LogP contribution in [0, 0.1) is 0 Å². The molecule has 2 aromatic rings. The second-order valence-electron chi connectivity index (χ2n) is 3.44. The van der Waals surface area contributed by atoms with Crippen LogP contribution in [-0.2, 0) is 0 Å². The van der Waals surface area contributed by atoms with E-state index in [1.54, 1.807) is 12.4 Å². The average molecular weight is 244 g/mol. The minimum atomic E-state index is 0.529. The molecule has 0 saturated heterocycles. The van der Waals surface area contributed by atoms with E-state index in [2.05, 4.69) is 15.6 Å². The summed E-state index contributed by atoms with van der Waals surface area (Å²) in [6.07, 6.45) is 3.41. The van der Waals surface area contributed by atoms with Crippen LogP contribution in [0.3, 0.4) is 0 Å². The van der Waals surface area contributed by atoms with Crippen LogP contribution >= 0.6 is 12.2 Å². The number of nitrogens with one attached hydrogen (secondary N) is 2. The molecule has 0 amide bonds. The standard InChI is InChI=1S/C12H12N4S/c13-9-1-3-10(4-2-9)15-12(17)16-11-5-7-14-8-6-11/h1-8H,13H2,(H2,14,15,16,17). The Morgan fingerprint density at radius 2 is 1.47 bits per heavy atom. The first-order valence-corrected chi connectivity index (χ1v) is 5.48. The summed E-state index contributed by atoms with van der Waals surface area (Å²) in [5.74, 6) is 0. The molecule has 17 heavy (non-hydrogen) atoms. The Morgan fingerprint density at radius 3 is 2.06 bits per heavy atom. The fourth-order valence-electron chi connectivity index (χ4n) is 1.30. The minimum Gasteiger partial charge on any atom is -0.399 e. The molecular formula is C12H12N4S. The number of aromatic nitrogens is 1. The van der Waals surface area contributed by atoms with Gasteiger partial charge in [-0.15, -0.1) is 0 Å². The highest BCUT2D eigenvalue weighted by Crippen LogP contribution is 2.11. The monoisotopic (exact) mass is 244 g/mol. The van der Waals surface area contributed by atoms with E-state index in [1.165, 1.54) is 0 Å². The zero-order valence-electron chi connectivity index (χ0n) is 9.05. The third-order valence-electron chi connectivity index (χ3n) is 2.11. The Balaban J connectivity index is 1.96. The van der Waals surface area contributed by atoms with Gasteiger partial charge in [-0.05, 0) is 48.6 Å². The van der Waals surface area contributed by atoms with Gasteiger partial charge in [-0.3, -0.25) is 4.98 Å². The van der Waals surface area contributed by atoms with Gasteiger partial charge in [-0.25, -0.2) is 0 Å². The van der Waals surface area contributed by atoms with Gasteiger partial charge in [-0.2, -0.15) is 0 Å². The van der Waals surface area contributed by atoms with Crippen molar-refractivity contribution >= 4 is 34.4 Å². The quantitative estimate of drug-likeness (QED) is 0.559. The first-order chi connectivity index (χ1) is 8.24. The van der Waals surface area contributed by atoms with Gasteiger partial charge in [0.05, 0.1) is 0 Å². The third kappa shape index (κ3) is 3.42. The number of pyridine rings is 1. The largest absolute Gasteiger partial charge is 0.399 e. The van der Waals surface area contributed by atoms with E-state index >= 15 is 0 Å². The van der Waals surface area contributed by atoms with Gasteiger partial charge < -0.3 is 16.4 Å². The van der Waals surface area contributed by atoms with E-state index in [-0.39, 0.29) is 0 Å². The molecule has 0 spiro atoms. The Labute approximate surface area is 105 Å². The summed E-state index contributed by atoms with van der Waals surface area (Å²) < 4.78 is 0. The Bertz CT molecular complexity index is 496. The Hall–Kier alpha value is -2.14. The predicted octanol–water partition coefficient (Wildman–Crippen LogP) is 2.47. The topological polar surface area (TPSA) is 63.0 Å². The maximum absolute atomic E-state index is 5.60. The van der Waals surface area contributed by atoms with Crippen molar-refractivity contribution in [3.05, 3.63) is 48.8 Å². The molecule has 0 unspecified atom stereocenters. The maximum Gasteiger partial charge on any atom is 0.175 e. The smallest absolute Gasteiger partial charge is 0.175 e. The van der Waals surface area contributed by atoms with Crippen LogP contribution < -0.4 is 16.4 Å². The zero-order chi connectivity index (χ0) is 12.1. The summed E-state index contributed by atoms with van der Waals surface area (Å²) in [5, 5.41) is 6.64. The minimum absolute atomic E-state index is 0.529. The highest BCUT2D eigenvalue weighted by Gasteiger charge is 1.98. The second-order valence-corrected chi connectivity index (χ2v) is 3.85. The van der Waals surface area contributed by atoms with Crippen LogP contribution in [0.25, 0.3) is 0 Å². The lowest BCUT2D eigenvalue weighted by Crippen LogP contribution is -2.18. The van der Waals surface area contributed by atoms with Crippen LogP contribution in [0.15, 0.2) is 48.8 Å². The molecule has 4 nitrogen and oxygen atoms in total. The zero-order valence-corrected chi connectivity index (χ0v) is 9.87. The molecule has 1 aromatic carbocycles. The predicted molar refractivity (Wildman–Crippen MR) is 74.9 cm³/mol. The van der Waals surface area contributed by atoms with Crippen molar-refractivity contribution in [2.45, 2.75) is 0 Å². The number of thiocarbonyl (C=S) groups is 1. The summed E-state index contributed by atoms with van der Waals surface area (Å²) in [6.45, 7) is 0. The lowest BCUT2D eigenvalue weighted by atomic mass is 10.3. The summed E-state index contributed by atoms with van der Waals surface area (Å²) in [6, 6.07) is 11.1. The number of nitrogens with two attached hydrogens (primary N) is 1. The molecule has 2 rings (SSSR count). The normalized spacial score (nSPS) is 9.65. The fraction of sp³-hybridized carbons (Fsp3) is 0. The summed E-state index contributed by atoms with van der Waals surface area (Å²) in [7, 11) is 0. The van der Waals surface area contributed by atoms with Gasteiger partial charge in [0.2, 0.25) is 0 Å². The van der Waals surface area contributed by atoms with Gasteiger partial charge in [0.1, 0.15) is 0 Å². The second kappa shape index (κ2) is 5.27. The van der Waals surface area contributed by atoms with Gasteiger partial charge >= 0.3 is 0 Å². The van der Waals surface area contributed by atoms with Crippen molar-refractivity contribution in [2.24, 2.45) is 0 Å². The highest BCUT2D eigenvalue weighted by atomic mass is 32.1. The molecule has 4 N–H and O–H groups in total. The Kier molecular flexibility index (Phi) is 3.52. The SMILES string of the molecule is Nc1ccc(NC(=S)Nc2ccncc2)cc1. The lowest BCUT2D eigenvalue weighted by Gasteiger charge is -2.10. The molecule has 5 heteroatoms. The number of hydrogen-bond donors (Lipinski definition) is 3. The lowest BCUT2D eigenvalue weighted by molar-refractivity contribution is 1.33. The van der Waals surface area contributed by atoms with Gasteiger partial charge in [-0.1, -0.05) is 0 Å². The molecule has 0 aliphatic heterocycles. The molecule has 0 saturated carbocycles. The van der Waals surface area contributed by atoms with Crippen LogP contribution in [0.5, 0.6) is 0 Å². The van der Waals surface area contributed by atoms with E-state index in [4.69, 9.17) is 18.0 Å². The fourth-order valence-corrected chi connectivity index (χ4v) is 1.53. The molecule has 0 aliphatic carbocycles. The molecule has 0 aliphatic rings. The molecule has 0 atom stereocenters. The highest BCUT2D eigenvalue weighted by molar-refractivity contribution is 7.80. The van der Waals surface area contributed by atoms with Crippen molar-refractivity contribution in [3.8, 4) is 0 Å². The summed E-state index contributed by atoms with van der Waals surface area (Å²) in [5.41, 5.74) is 8.11. The number of hydrogen-bond acceptors (Lipinski definition) is 3. The molecule has 86 valence electrons. The van der Waals surface area contributed by atoms with E-state index in [0.717, 1.165) is 17.1 Å². The number of rotatable bonds is 2. The van der Waals surface area contributed by atoms with Crippen LogP contribution in [0.1, 0.15) is 0 Å². The molecule has 1 heterocycles. The van der Waals surface area contributed by atoms with Gasteiger partial charge in [0.25, 0.3) is 0 Å². The summed E-state index contributed by atoms with van der Waals surface area (Å²) in [4.78, 5) is 3.93. The maximum atomic E-state index is 5.60. The van der Waals surface area contributed by atoms with E-state index in [9.17, 15) is 0 Å². The molecule has 0 bridgehead atoms. The van der Waals surface area contributed by atoms with Crippen molar-refractivity contribution in [2.75, 3.05) is 16.4 Å². The summed E-state index contributed by atoms with van der Waals surface area (Å²) >= 11 is 5.18. The number of nitrogens with zero attached hydrogens (tertiary/aromatic N) is 1. The first-order valence-electron chi connectivity index (χ1n) is 5.07. The van der Waals surface area contributed by atoms with Crippen molar-refractivity contribution < 1.29 is 0 Å². The number of benzene rings is 1. The van der Waals surface area contributed by atoms with Crippen molar-refractivity contribution in [1.29, 1.82) is 0 Å². The first kappa shape index (κ1) is 11.3. The van der Waals surface area contributed by atoms with E-state index in [1.807, 2.05) is 36.4 Å². The van der Waals surface area contributed by atoms with E-state index < -0.39 is 0 Å². The van der Waals surface area contributed by atoms with Gasteiger partial charge in [0.15, 0.2) is 5.11 Å². The van der Waals surface area contributed by atoms with Crippen LogP contribution in [-0.4, -0.2) is 10.1 Å². The number of anilines is 3. The van der Waals surface area contributed by atoms with Crippen LogP contribution in [0.4, 0.5) is 17.1 Å². The van der Waals surface area contributed by atoms with E-state index in [0.29, 0.717) is 5.11 Å². The molecule has 0 fully saturated rings. The number of nitrogen functional groups attached to an aromatic ring is 1. The van der Waals surface area contributed by atoms with Crippen LogP contribution in [0.2, 0.25) is 0 Å². The molecule has 0 radical (unpaired) electrons. The average Bonchev–Trinajstić information content (AvgIpc) is 2.33. The Morgan fingerprint density at radius 1 is 0.941 bits per heavy atom. The van der Waals surface area contributed by atoms with Crippen molar-refractivity contribution in [1.82, 2.24) is 4.98 Å². The molecular weight excluding hydrogens is 232 g/mol. The van der Waals surface area contributed by atoms with Crippen molar-refractivity contribution in [3.63, 3.8) is 0 Å². The molecule has 1 aromatic heterocycles.